The Morgan fingerprint density at radius 3 is 2.10 bits per heavy atom. The molecule has 0 aliphatic heterocycles. The molecular weight excluding hydrogens is 166 g/mol. The van der Waals surface area contributed by atoms with E-state index in [9.17, 15) is 4.79 Å². The highest BCUT2D eigenvalue weighted by Crippen LogP contribution is 2.11. The van der Waals surface area contributed by atoms with E-state index in [2.05, 4.69) is 0 Å². The maximum atomic E-state index is 10.8. The minimum Gasteiger partial charge on any atom is -0.343 e. The van der Waals surface area contributed by atoms with Crippen molar-refractivity contribution < 1.29 is 4.79 Å². The molecule has 0 saturated heterocycles. The molecule has 0 bridgehead atoms. The van der Waals surface area contributed by atoms with Gasteiger partial charge in [-0.2, -0.15) is 11.1 Å². The van der Waals surface area contributed by atoms with Gasteiger partial charge in [-0.25, -0.2) is 0 Å². The van der Waals surface area contributed by atoms with Gasteiger partial charge in [-0.05, 0) is 13.8 Å². The number of halogens is 1. The summed E-state index contributed by atoms with van der Waals surface area (Å²) in [5.41, 5.74) is 0. The summed E-state index contributed by atoms with van der Waals surface area (Å²) in [4.78, 5) is 12.5. The second kappa shape index (κ2) is 3.39. The van der Waals surface area contributed by atoms with Gasteiger partial charge in [0.25, 0.3) is 0 Å². The van der Waals surface area contributed by atoms with Crippen LogP contribution in [0.15, 0.2) is 0 Å². The Kier molecular flexibility index (Phi) is 3.38. The van der Waals surface area contributed by atoms with Crippen molar-refractivity contribution in [3.8, 4) is 0 Å². The smallest absolute Gasteiger partial charge is 0.219 e. The van der Waals surface area contributed by atoms with Crippen LogP contribution in [-0.2, 0) is 4.79 Å². The molecule has 0 aromatic heterocycles. The topological polar surface area (TPSA) is 20.3 Å². The summed E-state index contributed by atoms with van der Waals surface area (Å²) in [6, 6.07) is 0. The normalized spacial score (nSPS) is 11.3. The molecule has 0 aliphatic rings. The average molecular weight is 178 g/mol. The fourth-order valence-corrected chi connectivity index (χ4v) is 1.12. The number of carbonyl (C=O) groups is 1. The standard InChI is InChI=1S/C6H12ClNOSi/c1-5(9)8(4)6(2,3)10-7/h1-4H3. The SMILES string of the molecule is CC(=O)N(C)C(C)(C)[Si]Cl. The van der Waals surface area contributed by atoms with Crippen LogP contribution in [0.3, 0.4) is 0 Å². The minimum atomic E-state index is -0.201. The van der Waals surface area contributed by atoms with Crippen LogP contribution in [0, 0.1) is 0 Å². The van der Waals surface area contributed by atoms with Gasteiger partial charge in [0.2, 0.25) is 14.7 Å². The van der Waals surface area contributed by atoms with Gasteiger partial charge >= 0.3 is 0 Å². The van der Waals surface area contributed by atoms with Crippen LogP contribution in [0.2, 0.25) is 0 Å². The van der Waals surface area contributed by atoms with E-state index in [-0.39, 0.29) is 19.9 Å². The number of hydrogen-bond donors (Lipinski definition) is 0. The van der Waals surface area contributed by atoms with Crippen LogP contribution in [0.1, 0.15) is 20.8 Å². The Bertz CT molecular complexity index is 138. The first-order valence-electron chi connectivity index (χ1n) is 3.04. The molecule has 2 radical (unpaired) electrons. The number of nitrogens with zero attached hydrogens (tertiary/aromatic N) is 1. The quantitative estimate of drug-likeness (QED) is 0.457. The van der Waals surface area contributed by atoms with Gasteiger partial charge in [0.05, 0.1) is 0 Å². The summed E-state index contributed by atoms with van der Waals surface area (Å²) in [7, 11) is 2.00. The van der Waals surface area contributed by atoms with Gasteiger partial charge in [0.15, 0.2) is 0 Å². The van der Waals surface area contributed by atoms with Gasteiger partial charge < -0.3 is 4.90 Å². The lowest BCUT2D eigenvalue weighted by atomic mass is 10.3. The van der Waals surface area contributed by atoms with Crippen LogP contribution in [0.4, 0.5) is 0 Å². The summed E-state index contributed by atoms with van der Waals surface area (Å²) in [6.45, 7) is 5.43. The Morgan fingerprint density at radius 2 is 2.00 bits per heavy atom. The maximum absolute atomic E-state index is 10.8. The van der Waals surface area contributed by atoms with E-state index < -0.39 is 0 Å². The summed E-state index contributed by atoms with van der Waals surface area (Å²) in [6.07, 6.45) is 0. The zero-order chi connectivity index (χ0) is 8.36. The zero-order valence-electron chi connectivity index (χ0n) is 6.73. The lowest BCUT2D eigenvalue weighted by molar-refractivity contribution is -0.129. The van der Waals surface area contributed by atoms with Crippen molar-refractivity contribution in [3.63, 3.8) is 0 Å². The van der Waals surface area contributed by atoms with Crippen molar-refractivity contribution >= 4 is 25.8 Å². The van der Waals surface area contributed by atoms with Crippen molar-refractivity contribution in [3.05, 3.63) is 0 Å². The molecule has 0 unspecified atom stereocenters. The monoisotopic (exact) mass is 177 g/mol. The fraction of sp³-hybridized carbons (Fsp3) is 0.833. The number of hydrogen-bond acceptors (Lipinski definition) is 1. The van der Waals surface area contributed by atoms with Crippen molar-refractivity contribution in [2.24, 2.45) is 0 Å². The zero-order valence-corrected chi connectivity index (χ0v) is 8.49. The molecular formula is C6H12ClNOSi. The molecule has 0 heterocycles. The highest BCUT2D eigenvalue weighted by atomic mass is 35.6. The largest absolute Gasteiger partial charge is 0.343 e. The molecule has 0 spiro atoms. The van der Waals surface area contributed by atoms with E-state index in [4.69, 9.17) is 11.1 Å². The Labute approximate surface area is 69.1 Å². The first kappa shape index (κ1) is 9.98. The highest BCUT2D eigenvalue weighted by molar-refractivity contribution is 6.95. The maximum Gasteiger partial charge on any atom is 0.219 e. The molecule has 0 atom stereocenters. The third-order valence-electron chi connectivity index (χ3n) is 1.54. The van der Waals surface area contributed by atoms with Crippen LogP contribution in [0.5, 0.6) is 0 Å². The van der Waals surface area contributed by atoms with Crippen molar-refractivity contribution in [2.45, 2.75) is 25.9 Å². The number of carbonyl (C=O) groups excluding carboxylic acids is 1. The van der Waals surface area contributed by atoms with Crippen LogP contribution in [-0.4, -0.2) is 31.8 Å². The third-order valence-corrected chi connectivity index (χ3v) is 3.73. The molecule has 4 heteroatoms. The molecule has 0 N–H and O–H groups in total. The molecule has 10 heavy (non-hydrogen) atoms. The molecule has 0 fully saturated rings. The first-order chi connectivity index (χ1) is 4.41. The Balaban J connectivity index is 4.17. The van der Waals surface area contributed by atoms with Crippen LogP contribution < -0.4 is 0 Å². The molecule has 58 valence electrons. The predicted octanol–water partition coefficient (Wildman–Crippen LogP) is 1.06. The summed E-state index contributed by atoms with van der Waals surface area (Å²) < 4.78 is 0. The molecule has 0 aliphatic carbocycles. The molecule has 1 amide bonds. The Morgan fingerprint density at radius 1 is 1.60 bits per heavy atom. The van der Waals surface area contributed by atoms with Gasteiger partial charge in [-0.1, -0.05) is 0 Å². The fourth-order valence-electron chi connectivity index (χ4n) is 0.457. The van der Waals surface area contributed by atoms with Crippen molar-refractivity contribution in [1.29, 1.82) is 0 Å². The Hall–Kier alpha value is -0.0231. The van der Waals surface area contributed by atoms with Crippen molar-refractivity contribution in [1.82, 2.24) is 4.90 Å². The van der Waals surface area contributed by atoms with E-state index in [0.717, 1.165) is 0 Å². The van der Waals surface area contributed by atoms with E-state index >= 15 is 0 Å². The number of amides is 1. The molecule has 0 aromatic rings. The van der Waals surface area contributed by atoms with Gasteiger partial charge in [0, 0.05) is 19.1 Å². The van der Waals surface area contributed by atoms with E-state index in [0.29, 0.717) is 0 Å². The molecule has 0 saturated carbocycles. The van der Waals surface area contributed by atoms with Gasteiger partial charge in [-0.3, -0.25) is 4.79 Å². The third kappa shape index (κ3) is 2.31. The second-order valence-corrected chi connectivity index (χ2v) is 4.71. The van der Waals surface area contributed by atoms with Gasteiger partial charge in [-0.15, -0.1) is 0 Å². The summed E-state index contributed by atoms with van der Waals surface area (Å²) in [5, 5.41) is -0.201. The van der Waals surface area contributed by atoms with Gasteiger partial charge in [0.1, 0.15) is 0 Å². The molecule has 0 aromatic carbocycles. The van der Waals surface area contributed by atoms with Crippen molar-refractivity contribution in [2.75, 3.05) is 7.05 Å². The summed E-state index contributed by atoms with van der Waals surface area (Å²) >= 11 is 5.67. The lowest BCUT2D eigenvalue weighted by Gasteiger charge is -2.32. The second-order valence-electron chi connectivity index (χ2n) is 2.73. The van der Waals surface area contributed by atoms with E-state index in [1.807, 2.05) is 13.8 Å². The molecule has 2 nitrogen and oxygen atoms in total. The number of rotatable bonds is 2. The van der Waals surface area contributed by atoms with Crippen LogP contribution in [0.25, 0.3) is 0 Å². The highest BCUT2D eigenvalue weighted by Gasteiger charge is 2.25. The van der Waals surface area contributed by atoms with E-state index in [1.165, 1.54) is 0 Å². The first-order valence-corrected chi connectivity index (χ1v) is 5.05. The van der Waals surface area contributed by atoms with E-state index in [1.54, 1.807) is 18.9 Å². The molecule has 0 rings (SSSR count). The van der Waals surface area contributed by atoms with Crippen LogP contribution >= 0.6 is 11.1 Å². The minimum absolute atomic E-state index is 0.0538. The summed E-state index contributed by atoms with van der Waals surface area (Å²) in [5.74, 6) is 0.0538. The predicted molar refractivity (Wildman–Crippen MR) is 44.1 cm³/mol. The average Bonchev–Trinajstić information content (AvgIpc) is 1.86. The lowest BCUT2D eigenvalue weighted by Crippen LogP contribution is -2.46.